The Morgan fingerprint density at radius 1 is 0.861 bits per heavy atom. The summed E-state index contributed by atoms with van der Waals surface area (Å²) in [7, 11) is 0. The number of aliphatic hydroxyl groups is 1. The Morgan fingerprint density at radius 2 is 1.42 bits per heavy atom. The molecule has 2 aliphatic heterocycles. The summed E-state index contributed by atoms with van der Waals surface area (Å²) in [6.07, 6.45) is -8.74. The van der Waals surface area contributed by atoms with E-state index in [1.807, 2.05) is 12.1 Å². The van der Waals surface area contributed by atoms with Crippen LogP contribution < -0.4 is 0 Å². The molecule has 2 aromatic carbocycles. The number of likely N-dealkylation sites (tertiary alicyclic amines) is 2. The van der Waals surface area contributed by atoms with Gasteiger partial charge < -0.3 is 10.0 Å². The first kappa shape index (κ1) is 26.8. The summed E-state index contributed by atoms with van der Waals surface area (Å²) in [6.45, 7) is 1.63. The molecule has 36 heavy (non-hydrogen) atoms. The molecule has 2 aromatic rings. The molecule has 0 radical (unpaired) electrons. The number of nitrogens with zero attached hydrogens (tertiary/aromatic N) is 2. The summed E-state index contributed by atoms with van der Waals surface area (Å²) in [6, 6.07) is 8.02. The minimum absolute atomic E-state index is 0.00466. The van der Waals surface area contributed by atoms with E-state index < -0.39 is 35.0 Å². The highest BCUT2D eigenvalue weighted by Gasteiger charge is 2.40. The van der Waals surface area contributed by atoms with Crippen molar-refractivity contribution in [3.05, 3.63) is 69.7 Å². The number of hydrogen-bond donors (Lipinski definition) is 1. The number of amides is 1. The van der Waals surface area contributed by atoms with Crippen LogP contribution in [0, 0.1) is 0 Å². The van der Waals surface area contributed by atoms with Crippen LogP contribution in [0.5, 0.6) is 0 Å². The molecule has 0 unspecified atom stereocenters. The molecule has 1 N–H and O–H groups in total. The molecule has 2 saturated heterocycles. The van der Waals surface area contributed by atoms with E-state index in [9.17, 15) is 36.2 Å². The maximum atomic E-state index is 13.3. The van der Waals surface area contributed by atoms with Gasteiger partial charge in [-0.25, -0.2) is 0 Å². The molecular weight excluding hydrogens is 510 g/mol. The van der Waals surface area contributed by atoms with Gasteiger partial charge in [-0.05, 0) is 55.2 Å². The SMILES string of the molecule is O=C(c1cc(C(F)(F)F)cc(C(F)(F)F)c1)N1CC[C@@H](N2CCC(O)CC2)[C@@H](c2ccc(Cl)cc2)C1. The summed E-state index contributed by atoms with van der Waals surface area (Å²) < 4.78 is 79.9. The Morgan fingerprint density at radius 3 is 1.94 bits per heavy atom. The van der Waals surface area contributed by atoms with Gasteiger partial charge in [0.15, 0.2) is 0 Å². The predicted octanol–water partition coefficient (Wildman–Crippen LogP) is 5.83. The van der Waals surface area contributed by atoms with Crippen molar-refractivity contribution in [2.75, 3.05) is 26.2 Å². The van der Waals surface area contributed by atoms with E-state index >= 15 is 0 Å². The summed E-state index contributed by atoms with van der Waals surface area (Å²) >= 11 is 6.03. The van der Waals surface area contributed by atoms with Gasteiger partial charge in [0.1, 0.15) is 0 Å². The molecular formula is C25H25ClF6N2O2. The molecule has 0 bridgehead atoms. The third-order valence-corrected chi connectivity index (χ3v) is 7.22. The summed E-state index contributed by atoms with van der Waals surface area (Å²) in [5, 5.41) is 10.4. The molecule has 11 heteroatoms. The van der Waals surface area contributed by atoms with Gasteiger partial charge in [-0.15, -0.1) is 0 Å². The normalized spacial score (nSPS) is 22.6. The van der Waals surface area contributed by atoms with Crippen LogP contribution in [0.1, 0.15) is 52.2 Å². The van der Waals surface area contributed by atoms with Gasteiger partial charge in [0.05, 0.1) is 17.2 Å². The molecule has 0 saturated carbocycles. The Balaban J connectivity index is 1.64. The van der Waals surface area contributed by atoms with Crippen molar-refractivity contribution in [3.8, 4) is 0 Å². The fourth-order valence-corrected chi connectivity index (χ4v) is 5.20. The molecule has 4 rings (SSSR count). The molecule has 0 aliphatic carbocycles. The standard InChI is InChI=1S/C25H25ClF6N2O2/c26-19-3-1-15(2-4-19)21-14-34(10-7-22(21)33-8-5-20(35)6-9-33)23(36)16-11-17(24(27,28)29)13-18(12-16)25(30,31)32/h1-4,11-13,20-22,35H,5-10,14H2/t21-,22-/m1/s1. The molecule has 196 valence electrons. The summed E-state index contributed by atoms with van der Waals surface area (Å²) in [4.78, 5) is 16.8. The molecule has 0 aromatic heterocycles. The smallest absolute Gasteiger partial charge is 0.393 e. The first-order valence-electron chi connectivity index (χ1n) is 11.6. The van der Waals surface area contributed by atoms with Crippen molar-refractivity contribution in [3.63, 3.8) is 0 Å². The third-order valence-electron chi connectivity index (χ3n) is 6.96. The molecule has 1 amide bonds. The second kappa shape index (κ2) is 10.2. The number of alkyl halides is 6. The highest BCUT2D eigenvalue weighted by Crippen LogP contribution is 2.38. The fraction of sp³-hybridized carbons (Fsp3) is 0.480. The molecule has 4 nitrogen and oxygen atoms in total. The van der Waals surface area contributed by atoms with Gasteiger partial charge in [-0.2, -0.15) is 26.3 Å². The first-order valence-corrected chi connectivity index (χ1v) is 12.0. The van der Waals surface area contributed by atoms with Crippen molar-refractivity contribution in [1.82, 2.24) is 9.80 Å². The van der Waals surface area contributed by atoms with Crippen LogP contribution in [-0.2, 0) is 12.4 Å². The van der Waals surface area contributed by atoms with Crippen molar-refractivity contribution in [2.45, 2.75) is 49.7 Å². The van der Waals surface area contributed by atoms with E-state index in [0.717, 1.165) is 5.56 Å². The Kier molecular flexibility index (Phi) is 7.60. The fourth-order valence-electron chi connectivity index (χ4n) is 5.08. The zero-order valence-electron chi connectivity index (χ0n) is 19.1. The number of aliphatic hydroxyl groups excluding tert-OH is 1. The van der Waals surface area contributed by atoms with E-state index in [4.69, 9.17) is 11.6 Å². The zero-order chi connectivity index (χ0) is 26.3. The van der Waals surface area contributed by atoms with Gasteiger partial charge >= 0.3 is 12.4 Å². The number of rotatable bonds is 3. The minimum atomic E-state index is -5.03. The zero-order valence-corrected chi connectivity index (χ0v) is 19.9. The monoisotopic (exact) mass is 534 g/mol. The van der Waals surface area contributed by atoms with E-state index in [1.165, 1.54) is 4.90 Å². The van der Waals surface area contributed by atoms with E-state index in [0.29, 0.717) is 49.5 Å². The highest BCUT2D eigenvalue weighted by molar-refractivity contribution is 6.30. The van der Waals surface area contributed by atoms with E-state index in [2.05, 4.69) is 4.90 Å². The van der Waals surface area contributed by atoms with Crippen LogP contribution in [-0.4, -0.2) is 59.1 Å². The molecule has 2 aliphatic rings. The van der Waals surface area contributed by atoms with Gasteiger partial charge in [-0.1, -0.05) is 23.7 Å². The average molecular weight is 535 g/mol. The second-order valence-corrected chi connectivity index (χ2v) is 9.76. The first-order chi connectivity index (χ1) is 16.8. The highest BCUT2D eigenvalue weighted by atomic mass is 35.5. The lowest BCUT2D eigenvalue weighted by Gasteiger charge is -2.46. The molecule has 2 fully saturated rings. The van der Waals surface area contributed by atoms with Gasteiger partial charge in [0.25, 0.3) is 5.91 Å². The lowest BCUT2D eigenvalue weighted by Crippen LogP contribution is -2.53. The van der Waals surface area contributed by atoms with Crippen LogP contribution in [0.4, 0.5) is 26.3 Å². The lowest BCUT2D eigenvalue weighted by atomic mass is 9.83. The Bertz CT molecular complexity index is 1050. The second-order valence-electron chi connectivity index (χ2n) is 9.33. The number of carbonyl (C=O) groups excluding carboxylic acids is 1. The topological polar surface area (TPSA) is 43.8 Å². The number of piperidine rings is 2. The van der Waals surface area contributed by atoms with Crippen LogP contribution in [0.3, 0.4) is 0 Å². The predicted molar refractivity (Wildman–Crippen MR) is 122 cm³/mol. The van der Waals surface area contributed by atoms with Crippen molar-refractivity contribution in [1.29, 1.82) is 0 Å². The number of benzene rings is 2. The van der Waals surface area contributed by atoms with Gasteiger partial charge in [0.2, 0.25) is 0 Å². The van der Waals surface area contributed by atoms with Gasteiger partial charge in [0, 0.05) is 48.7 Å². The summed E-state index contributed by atoms with van der Waals surface area (Å²) in [5.41, 5.74) is -2.81. The number of carbonyl (C=O) groups is 1. The number of hydrogen-bond acceptors (Lipinski definition) is 3. The number of halogens is 7. The summed E-state index contributed by atoms with van der Waals surface area (Å²) in [5.74, 6) is -1.11. The molecule has 2 atom stereocenters. The Labute approximate surface area is 209 Å². The average Bonchev–Trinajstić information content (AvgIpc) is 2.83. The van der Waals surface area contributed by atoms with Gasteiger partial charge in [-0.3, -0.25) is 9.69 Å². The maximum Gasteiger partial charge on any atom is 0.416 e. The third kappa shape index (κ3) is 5.98. The van der Waals surface area contributed by atoms with Crippen LogP contribution in [0.15, 0.2) is 42.5 Å². The maximum absolute atomic E-state index is 13.3. The van der Waals surface area contributed by atoms with Crippen LogP contribution in [0.25, 0.3) is 0 Å². The van der Waals surface area contributed by atoms with Crippen molar-refractivity contribution < 1.29 is 36.2 Å². The quantitative estimate of drug-likeness (QED) is 0.504. The largest absolute Gasteiger partial charge is 0.416 e. The van der Waals surface area contributed by atoms with E-state index in [-0.39, 0.29) is 37.2 Å². The van der Waals surface area contributed by atoms with Crippen molar-refractivity contribution in [2.24, 2.45) is 0 Å². The Hall–Kier alpha value is -2.30. The van der Waals surface area contributed by atoms with E-state index in [1.54, 1.807) is 12.1 Å². The van der Waals surface area contributed by atoms with Crippen molar-refractivity contribution >= 4 is 17.5 Å². The lowest BCUT2D eigenvalue weighted by molar-refractivity contribution is -0.143. The molecule has 0 spiro atoms. The van der Waals surface area contributed by atoms with Crippen LogP contribution >= 0.6 is 11.6 Å². The van der Waals surface area contributed by atoms with Crippen LogP contribution in [0.2, 0.25) is 5.02 Å². The molecule has 2 heterocycles. The minimum Gasteiger partial charge on any atom is -0.393 e.